The normalized spacial score (nSPS) is 13.4. The molecule has 0 fully saturated rings. The van der Waals surface area contributed by atoms with Gasteiger partial charge in [-0.15, -0.1) is 0 Å². The number of hydrogen-bond donors (Lipinski definition) is 2. The Bertz CT molecular complexity index is 2660. The van der Waals surface area contributed by atoms with Crippen LogP contribution < -0.4 is 4.74 Å². The van der Waals surface area contributed by atoms with Crippen LogP contribution in [0.4, 0.5) is 0 Å². The summed E-state index contributed by atoms with van der Waals surface area (Å²) in [6.07, 6.45) is 4.28. The molecule has 7 aromatic rings. The van der Waals surface area contributed by atoms with Crippen LogP contribution in [-0.2, 0) is 5.60 Å². The van der Waals surface area contributed by atoms with Crippen molar-refractivity contribution in [1.82, 2.24) is 19.9 Å². The van der Waals surface area contributed by atoms with Crippen LogP contribution in [0.15, 0.2) is 146 Å². The van der Waals surface area contributed by atoms with Gasteiger partial charge < -0.3 is 14.7 Å². The molecule has 9 rings (SSSR count). The standard InChI is InChI=1S/C49H42N4O/c1-31(2)49(32(3)4)47-45(35-21-13-7-14-22-35)41-29-27-39(51-41)43(33-17-9-5-10-18-33)37-25-26-38(50-37)44(34-19-11-6-12-20-34)40-28-30-42(52-40)46(48(53-47)54-49)36-23-15-8-16-24-36/h5-32,51-52H,1-4H3. The zero-order valence-electron chi connectivity index (χ0n) is 31.0. The van der Waals surface area contributed by atoms with Crippen molar-refractivity contribution in [3.05, 3.63) is 163 Å². The lowest BCUT2D eigenvalue weighted by atomic mass is 9.75. The molecular weight excluding hydrogens is 661 g/mol. The summed E-state index contributed by atoms with van der Waals surface area (Å²) in [5, 5.41) is 0. The topological polar surface area (TPSA) is 66.6 Å². The number of benzene rings is 4. The van der Waals surface area contributed by atoms with Crippen LogP contribution >= 0.6 is 0 Å². The van der Waals surface area contributed by atoms with E-state index < -0.39 is 5.60 Å². The molecule has 2 N–H and O–H groups in total. The monoisotopic (exact) mass is 702 g/mol. The Morgan fingerprint density at radius 2 is 0.778 bits per heavy atom. The first-order chi connectivity index (χ1) is 26.4. The second kappa shape index (κ2) is 13.5. The zero-order valence-corrected chi connectivity index (χ0v) is 31.0. The molecular formula is C49H42N4O. The van der Waals surface area contributed by atoms with Gasteiger partial charge in [0.05, 0.1) is 28.2 Å². The maximum absolute atomic E-state index is 7.42. The molecule has 8 bridgehead atoms. The molecule has 0 aliphatic carbocycles. The van der Waals surface area contributed by atoms with Crippen molar-refractivity contribution in [3.8, 4) is 50.4 Å². The van der Waals surface area contributed by atoms with E-state index in [4.69, 9.17) is 14.7 Å². The van der Waals surface area contributed by atoms with Crippen LogP contribution in [0, 0.1) is 11.8 Å². The molecule has 0 spiro atoms. The van der Waals surface area contributed by atoms with Crippen molar-refractivity contribution in [2.24, 2.45) is 11.8 Å². The average Bonchev–Trinajstić information content (AvgIpc) is 4.03. The Kier molecular flexibility index (Phi) is 8.35. The molecule has 0 amide bonds. The molecule has 0 saturated carbocycles. The maximum atomic E-state index is 7.42. The summed E-state index contributed by atoms with van der Waals surface area (Å²) in [7, 11) is 0. The van der Waals surface area contributed by atoms with Crippen molar-refractivity contribution in [3.63, 3.8) is 0 Å². The lowest BCUT2D eigenvalue weighted by Gasteiger charge is -2.37. The fourth-order valence-electron chi connectivity index (χ4n) is 8.36. The van der Waals surface area contributed by atoms with E-state index in [1.54, 1.807) is 0 Å². The average molecular weight is 703 g/mol. The molecule has 4 aromatic carbocycles. The van der Waals surface area contributed by atoms with Crippen LogP contribution in [0.2, 0.25) is 0 Å². The smallest absolute Gasteiger partial charge is 0.224 e. The Balaban J connectivity index is 1.54. The van der Waals surface area contributed by atoms with Gasteiger partial charge >= 0.3 is 0 Å². The highest BCUT2D eigenvalue weighted by Crippen LogP contribution is 2.51. The fraction of sp³-hybridized carbons (Fsp3) is 0.143. The van der Waals surface area contributed by atoms with Crippen LogP contribution in [0.25, 0.3) is 78.7 Å². The Hall–Kier alpha value is -6.46. The van der Waals surface area contributed by atoms with E-state index in [-0.39, 0.29) is 11.8 Å². The number of fused-ring (bicyclic) bond motifs is 8. The number of nitrogens with one attached hydrogen (secondary N) is 2. The SMILES string of the molecule is CC(C)C1(C(C)C)Oc2nc1c(-c1ccccc1)c1ccc([nH]1)c(-c1ccccc1)c1nc(c(-c3ccccc3)c3ccc([nH]3)c2-c2ccccc2)C=C1. The van der Waals surface area contributed by atoms with Gasteiger partial charge in [0.25, 0.3) is 0 Å². The highest BCUT2D eigenvalue weighted by Gasteiger charge is 2.49. The molecule has 0 saturated heterocycles. The highest BCUT2D eigenvalue weighted by molar-refractivity contribution is 5.97. The number of aromatic nitrogens is 4. The third kappa shape index (κ3) is 5.55. The van der Waals surface area contributed by atoms with Gasteiger partial charge in [0.2, 0.25) is 5.88 Å². The summed E-state index contributed by atoms with van der Waals surface area (Å²) in [4.78, 5) is 18.8. The number of rotatable bonds is 6. The minimum atomic E-state index is -0.732. The Morgan fingerprint density at radius 3 is 1.19 bits per heavy atom. The molecule has 264 valence electrons. The third-order valence-corrected chi connectivity index (χ3v) is 10.9. The summed E-state index contributed by atoms with van der Waals surface area (Å²) in [6.45, 7) is 9.00. The van der Waals surface area contributed by atoms with E-state index in [9.17, 15) is 0 Å². The molecule has 5 heteroatoms. The van der Waals surface area contributed by atoms with Crippen molar-refractivity contribution in [1.29, 1.82) is 0 Å². The van der Waals surface area contributed by atoms with E-state index in [1.807, 2.05) is 6.07 Å². The van der Waals surface area contributed by atoms with Gasteiger partial charge in [-0.1, -0.05) is 149 Å². The van der Waals surface area contributed by atoms with Gasteiger partial charge in [-0.3, -0.25) is 0 Å². The fourth-order valence-corrected chi connectivity index (χ4v) is 8.36. The molecule has 2 aliphatic heterocycles. The predicted molar refractivity (Wildman–Crippen MR) is 224 cm³/mol. The lowest BCUT2D eigenvalue weighted by Crippen LogP contribution is -2.41. The molecule has 3 aromatic heterocycles. The zero-order chi connectivity index (χ0) is 36.8. The van der Waals surface area contributed by atoms with Gasteiger partial charge in [-0.05, 0) is 70.5 Å². The summed E-state index contributed by atoms with van der Waals surface area (Å²) in [5.74, 6) is 0.790. The van der Waals surface area contributed by atoms with Crippen molar-refractivity contribution in [2.75, 3.05) is 0 Å². The quantitative estimate of drug-likeness (QED) is 0.181. The molecule has 54 heavy (non-hydrogen) atoms. The van der Waals surface area contributed by atoms with E-state index >= 15 is 0 Å². The summed E-state index contributed by atoms with van der Waals surface area (Å²) in [6, 6.07) is 50.8. The molecule has 2 aliphatic rings. The van der Waals surface area contributed by atoms with Crippen molar-refractivity contribution < 1.29 is 4.74 Å². The third-order valence-electron chi connectivity index (χ3n) is 10.9. The minimum absolute atomic E-state index is 0.0938. The molecule has 0 radical (unpaired) electrons. The van der Waals surface area contributed by atoms with Crippen LogP contribution in [-0.4, -0.2) is 19.9 Å². The summed E-state index contributed by atoms with van der Waals surface area (Å²) < 4.78 is 7.42. The largest absolute Gasteiger partial charge is 0.463 e. The van der Waals surface area contributed by atoms with Gasteiger partial charge in [0, 0.05) is 33.2 Å². The summed E-state index contributed by atoms with van der Waals surface area (Å²) >= 11 is 0. The van der Waals surface area contributed by atoms with Gasteiger partial charge in [-0.25, -0.2) is 9.97 Å². The number of nitrogens with zero attached hydrogens (tertiary/aromatic N) is 2. The molecule has 0 unspecified atom stereocenters. The van der Waals surface area contributed by atoms with Gasteiger partial charge in [0.15, 0.2) is 5.60 Å². The number of aromatic amines is 2. The maximum Gasteiger partial charge on any atom is 0.224 e. The number of hydrogen-bond acceptors (Lipinski definition) is 3. The molecule has 0 atom stereocenters. The van der Waals surface area contributed by atoms with Crippen LogP contribution in [0.5, 0.6) is 5.88 Å². The number of H-pyrrole nitrogens is 2. The van der Waals surface area contributed by atoms with Gasteiger partial charge in [0.1, 0.15) is 0 Å². The Morgan fingerprint density at radius 1 is 0.426 bits per heavy atom. The van der Waals surface area contributed by atoms with Crippen molar-refractivity contribution in [2.45, 2.75) is 33.3 Å². The summed E-state index contributed by atoms with van der Waals surface area (Å²) in [5.41, 5.74) is 14.0. The molecule has 5 nitrogen and oxygen atoms in total. The van der Waals surface area contributed by atoms with Crippen LogP contribution in [0.1, 0.15) is 44.8 Å². The van der Waals surface area contributed by atoms with E-state index in [1.165, 1.54) is 0 Å². The first-order valence-corrected chi connectivity index (χ1v) is 18.8. The first-order valence-electron chi connectivity index (χ1n) is 18.8. The highest BCUT2D eigenvalue weighted by atomic mass is 16.5. The van der Waals surface area contributed by atoms with Crippen molar-refractivity contribution >= 4 is 34.2 Å². The predicted octanol–water partition coefficient (Wildman–Crippen LogP) is 12.7. The van der Waals surface area contributed by atoms with Gasteiger partial charge in [-0.2, -0.15) is 0 Å². The Labute approximate surface area is 316 Å². The lowest BCUT2D eigenvalue weighted by molar-refractivity contribution is -0.0138. The minimum Gasteiger partial charge on any atom is -0.463 e. The number of ether oxygens (including phenoxy) is 1. The van der Waals surface area contributed by atoms with E-state index in [0.717, 1.165) is 83.7 Å². The second-order valence-corrected chi connectivity index (χ2v) is 14.7. The first kappa shape index (κ1) is 33.4. The second-order valence-electron chi connectivity index (χ2n) is 14.7. The van der Waals surface area contributed by atoms with E-state index in [0.29, 0.717) is 5.88 Å². The van der Waals surface area contributed by atoms with E-state index in [2.05, 4.69) is 189 Å². The molecule has 5 heterocycles. The van der Waals surface area contributed by atoms with Crippen LogP contribution in [0.3, 0.4) is 0 Å².